The van der Waals surface area contributed by atoms with E-state index in [1.54, 1.807) is 12.1 Å². The summed E-state index contributed by atoms with van der Waals surface area (Å²) in [6, 6.07) is 13.5. The number of hydrogen-bond acceptors (Lipinski definition) is 4. The van der Waals surface area contributed by atoms with Crippen molar-refractivity contribution in [3.63, 3.8) is 0 Å². The summed E-state index contributed by atoms with van der Waals surface area (Å²) in [5, 5.41) is -0.320. The third-order valence-electron chi connectivity index (χ3n) is 6.16. The van der Waals surface area contributed by atoms with Crippen molar-refractivity contribution < 1.29 is 22.3 Å². The fourth-order valence-corrected chi connectivity index (χ4v) is 5.81. The summed E-state index contributed by atoms with van der Waals surface area (Å²) in [6.07, 6.45) is 5.17. The number of piperidine rings is 1. The van der Waals surface area contributed by atoms with Crippen molar-refractivity contribution in [3.8, 4) is 11.5 Å². The van der Waals surface area contributed by atoms with E-state index in [9.17, 15) is 17.6 Å². The molecule has 2 bridgehead atoms. The molecule has 2 aromatic carbocycles. The summed E-state index contributed by atoms with van der Waals surface area (Å²) in [5.74, 6) is 0.971. The Kier molecular flexibility index (Phi) is 5.82. The minimum atomic E-state index is -3.06. The topological polar surface area (TPSA) is 63.7 Å². The van der Waals surface area contributed by atoms with Crippen molar-refractivity contribution >= 4 is 15.7 Å². The molecule has 2 saturated heterocycles. The minimum Gasteiger partial charge on any atom is -0.457 e. The summed E-state index contributed by atoms with van der Waals surface area (Å²) < 4.78 is 42.7. The Bertz CT molecular complexity index is 1010. The first-order valence-corrected chi connectivity index (χ1v) is 12.3. The predicted molar refractivity (Wildman–Crippen MR) is 113 cm³/mol. The summed E-state index contributed by atoms with van der Waals surface area (Å²) in [4.78, 5) is 14.9. The van der Waals surface area contributed by atoms with Crippen molar-refractivity contribution in [1.82, 2.24) is 4.90 Å². The number of hydrogen-bond donors (Lipinski definition) is 0. The van der Waals surface area contributed by atoms with E-state index in [4.69, 9.17) is 4.74 Å². The van der Waals surface area contributed by atoms with Crippen LogP contribution in [0.1, 0.15) is 37.7 Å². The minimum absolute atomic E-state index is 0.0455. The molecule has 30 heavy (non-hydrogen) atoms. The first kappa shape index (κ1) is 20.8. The van der Waals surface area contributed by atoms with Crippen LogP contribution in [-0.4, -0.2) is 42.8 Å². The molecular weight excluding hydrogens is 405 g/mol. The number of sulfone groups is 1. The maximum absolute atomic E-state index is 13.0. The molecule has 2 aromatic rings. The van der Waals surface area contributed by atoms with Crippen molar-refractivity contribution in [1.29, 1.82) is 0 Å². The Balaban J connectivity index is 1.36. The number of carbonyl (C=O) groups is 1. The second kappa shape index (κ2) is 8.38. The van der Waals surface area contributed by atoms with Crippen LogP contribution in [0, 0.1) is 5.82 Å². The lowest BCUT2D eigenvalue weighted by atomic mass is 10.0. The molecule has 0 N–H and O–H groups in total. The zero-order valence-corrected chi connectivity index (χ0v) is 17.8. The lowest BCUT2D eigenvalue weighted by Crippen LogP contribution is -2.49. The number of halogens is 1. The molecule has 2 heterocycles. The van der Waals surface area contributed by atoms with E-state index in [0.29, 0.717) is 37.2 Å². The highest BCUT2D eigenvalue weighted by Gasteiger charge is 2.45. The number of nitrogens with zero attached hydrogens (tertiary/aromatic N) is 1. The van der Waals surface area contributed by atoms with E-state index in [1.807, 2.05) is 29.2 Å². The molecule has 2 unspecified atom stereocenters. The lowest BCUT2D eigenvalue weighted by molar-refractivity contribution is -0.135. The number of aryl methyl sites for hydroxylation is 1. The van der Waals surface area contributed by atoms with Gasteiger partial charge in [0.1, 0.15) is 27.2 Å². The van der Waals surface area contributed by atoms with Gasteiger partial charge >= 0.3 is 0 Å². The molecule has 160 valence electrons. The second-order valence-electron chi connectivity index (χ2n) is 8.31. The van der Waals surface area contributed by atoms with Crippen LogP contribution in [0.3, 0.4) is 0 Å². The van der Waals surface area contributed by atoms with Gasteiger partial charge in [-0.25, -0.2) is 12.8 Å². The zero-order valence-electron chi connectivity index (χ0n) is 17.0. The maximum atomic E-state index is 13.0. The van der Waals surface area contributed by atoms with Crippen LogP contribution in [-0.2, 0) is 21.1 Å². The number of fused-ring (bicyclic) bond motifs is 2. The molecule has 5 nitrogen and oxygen atoms in total. The lowest BCUT2D eigenvalue weighted by Gasteiger charge is -2.38. The van der Waals surface area contributed by atoms with Crippen molar-refractivity contribution in [2.24, 2.45) is 0 Å². The number of amides is 1. The molecule has 0 aliphatic carbocycles. The Morgan fingerprint density at radius 3 is 2.37 bits per heavy atom. The van der Waals surface area contributed by atoms with E-state index in [1.165, 1.54) is 18.4 Å². The number of rotatable bonds is 6. The first-order chi connectivity index (χ1) is 14.3. The molecule has 7 heteroatoms. The fraction of sp³-hybridized carbons (Fsp3) is 0.435. The molecule has 0 aromatic heterocycles. The van der Waals surface area contributed by atoms with Crippen molar-refractivity contribution in [2.75, 3.05) is 6.26 Å². The molecule has 4 rings (SSSR count). The quantitative estimate of drug-likeness (QED) is 0.690. The van der Waals surface area contributed by atoms with Crippen LogP contribution in [0.15, 0.2) is 48.5 Å². The molecule has 2 aliphatic heterocycles. The van der Waals surface area contributed by atoms with E-state index in [2.05, 4.69) is 0 Å². The molecule has 2 fully saturated rings. The first-order valence-electron chi connectivity index (χ1n) is 10.3. The summed E-state index contributed by atoms with van der Waals surface area (Å²) in [6.45, 7) is 0. The summed E-state index contributed by atoms with van der Waals surface area (Å²) in [5.41, 5.74) is 0.987. The van der Waals surface area contributed by atoms with Crippen LogP contribution < -0.4 is 4.74 Å². The van der Waals surface area contributed by atoms with Gasteiger partial charge in [-0.3, -0.25) is 4.79 Å². The predicted octanol–water partition coefficient (Wildman–Crippen LogP) is 4.12. The highest BCUT2D eigenvalue weighted by atomic mass is 32.2. The Morgan fingerprint density at radius 1 is 1.07 bits per heavy atom. The largest absolute Gasteiger partial charge is 0.457 e. The van der Waals surface area contributed by atoms with Crippen molar-refractivity contribution in [2.45, 2.75) is 55.9 Å². The van der Waals surface area contributed by atoms with E-state index in [0.717, 1.165) is 18.4 Å². The van der Waals surface area contributed by atoms with Crippen LogP contribution in [0.4, 0.5) is 4.39 Å². The molecule has 0 radical (unpaired) electrons. The van der Waals surface area contributed by atoms with Gasteiger partial charge in [-0.2, -0.15) is 0 Å². The molecule has 0 saturated carbocycles. The SMILES string of the molecule is CS(=O)(=O)C1CC2CCC(C1)N2C(=O)CCc1cccc(Oc2ccc(F)cc2)c1. The maximum Gasteiger partial charge on any atom is 0.223 e. The van der Waals surface area contributed by atoms with Gasteiger partial charge in [-0.15, -0.1) is 0 Å². The summed E-state index contributed by atoms with van der Waals surface area (Å²) >= 11 is 0. The Hall–Kier alpha value is -2.41. The molecular formula is C23H26FNO4S. The second-order valence-corrected chi connectivity index (χ2v) is 10.6. The van der Waals surface area contributed by atoms with Gasteiger partial charge in [-0.05, 0) is 74.1 Å². The molecule has 0 spiro atoms. The van der Waals surface area contributed by atoms with Crippen LogP contribution in [0.5, 0.6) is 11.5 Å². The Labute approximate surface area is 176 Å². The van der Waals surface area contributed by atoms with Crippen LogP contribution in [0.25, 0.3) is 0 Å². The number of ether oxygens (including phenoxy) is 1. The average Bonchev–Trinajstić information content (AvgIpc) is 2.96. The van der Waals surface area contributed by atoms with Gasteiger partial charge in [0.05, 0.1) is 5.25 Å². The zero-order chi connectivity index (χ0) is 21.3. The molecule has 1 amide bonds. The highest BCUT2D eigenvalue weighted by Crippen LogP contribution is 2.38. The van der Waals surface area contributed by atoms with Crippen molar-refractivity contribution in [3.05, 3.63) is 59.9 Å². The monoisotopic (exact) mass is 431 g/mol. The molecule has 2 aliphatic rings. The third kappa shape index (κ3) is 4.67. The summed E-state index contributed by atoms with van der Waals surface area (Å²) in [7, 11) is -3.06. The van der Waals surface area contributed by atoms with Crippen LogP contribution >= 0.6 is 0 Å². The van der Waals surface area contributed by atoms with Gasteiger partial charge < -0.3 is 9.64 Å². The van der Waals surface area contributed by atoms with Gasteiger partial charge in [-0.1, -0.05) is 12.1 Å². The normalized spacial score (nSPS) is 23.4. The van der Waals surface area contributed by atoms with Gasteiger partial charge in [0.2, 0.25) is 5.91 Å². The number of benzene rings is 2. The average molecular weight is 432 g/mol. The molecule has 2 atom stereocenters. The standard InChI is InChI=1S/C23H26FNO4S/c1-30(27,28)22-14-18-8-9-19(15-22)25(18)23(26)12-5-16-3-2-4-21(13-16)29-20-10-6-17(24)7-11-20/h2-4,6-7,10-11,13,18-19,22H,5,8-9,12,14-15H2,1H3. The van der Waals surface area contributed by atoms with E-state index >= 15 is 0 Å². The fourth-order valence-electron chi connectivity index (χ4n) is 4.67. The van der Waals surface area contributed by atoms with E-state index < -0.39 is 9.84 Å². The number of carbonyl (C=O) groups excluding carboxylic acids is 1. The smallest absolute Gasteiger partial charge is 0.223 e. The van der Waals surface area contributed by atoms with Crippen LogP contribution in [0.2, 0.25) is 0 Å². The van der Waals surface area contributed by atoms with Gasteiger partial charge in [0.15, 0.2) is 0 Å². The Morgan fingerprint density at radius 2 is 1.73 bits per heavy atom. The highest BCUT2D eigenvalue weighted by molar-refractivity contribution is 7.91. The van der Waals surface area contributed by atoms with E-state index in [-0.39, 0.29) is 29.1 Å². The van der Waals surface area contributed by atoms with Gasteiger partial charge in [0, 0.05) is 24.8 Å². The third-order valence-corrected chi connectivity index (χ3v) is 7.75. The van der Waals surface area contributed by atoms with Gasteiger partial charge in [0.25, 0.3) is 0 Å².